The predicted octanol–water partition coefficient (Wildman–Crippen LogP) is 4.88. The molecule has 0 atom stereocenters. The number of aromatic nitrogens is 5. The molecule has 0 radical (unpaired) electrons. The highest BCUT2D eigenvalue weighted by molar-refractivity contribution is 5.95. The Kier molecular flexibility index (Phi) is 5.58. The molecule has 0 aliphatic rings. The van der Waals surface area contributed by atoms with Gasteiger partial charge in [0.2, 0.25) is 0 Å². The van der Waals surface area contributed by atoms with Crippen LogP contribution in [0.5, 0.6) is 0 Å². The molecule has 164 valence electrons. The number of benzene rings is 1. The summed E-state index contributed by atoms with van der Waals surface area (Å²) in [7, 11) is 0. The Bertz CT molecular complexity index is 1450. The number of aliphatic hydroxyl groups is 1. The van der Waals surface area contributed by atoms with Crippen molar-refractivity contribution < 1.29 is 13.9 Å². The van der Waals surface area contributed by atoms with Crippen LogP contribution in [0, 0.1) is 11.6 Å². The molecule has 0 amide bonds. The third-order valence-electron chi connectivity index (χ3n) is 5.35. The van der Waals surface area contributed by atoms with E-state index in [1.807, 2.05) is 18.3 Å². The van der Waals surface area contributed by atoms with Crippen LogP contribution in [-0.2, 0) is 6.54 Å². The van der Waals surface area contributed by atoms with E-state index in [1.54, 1.807) is 41.6 Å². The van der Waals surface area contributed by atoms with Crippen LogP contribution < -0.4 is 0 Å². The van der Waals surface area contributed by atoms with Gasteiger partial charge >= 0.3 is 0 Å². The van der Waals surface area contributed by atoms with E-state index in [4.69, 9.17) is 5.11 Å². The monoisotopic (exact) mass is 443 g/mol. The summed E-state index contributed by atoms with van der Waals surface area (Å²) in [5.74, 6) is -1.11. The molecule has 0 saturated heterocycles. The van der Waals surface area contributed by atoms with Crippen LogP contribution in [0.1, 0.15) is 6.42 Å². The first-order valence-electron chi connectivity index (χ1n) is 10.4. The number of aryl methyl sites for hydroxylation is 1. The second-order valence-corrected chi connectivity index (χ2v) is 7.59. The summed E-state index contributed by atoms with van der Waals surface area (Å²) in [6.07, 6.45) is 9.34. The highest BCUT2D eigenvalue weighted by Gasteiger charge is 2.15. The van der Waals surface area contributed by atoms with Gasteiger partial charge in [0.15, 0.2) is 5.65 Å². The van der Waals surface area contributed by atoms with E-state index >= 15 is 0 Å². The molecule has 33 heavy (non-hydrogen) atoms. The second kappa shape index (κ2) is 8.84. The van der Waals surface area contributed by atoms with Crippen LogP contribution in [0.3, 0.4) is 0 Å². The van der Waals surface area contributed by atoms with Crippen molar-refractivity contribution in [2.75, 3.05) is 6.61 Å². The van der Waals surface area contributed by atoms with Crippen LogP contribution in [0.4, 0.5) is 8.78 Å². The Hall–Kier alpha value is -4.04. The highest BCUT2D eigenvalue weighted by Crippen LogP contribution is 2.33. The fourth-order valence-corrected chi connectivity index (χ4v) is 3.74. The molecule has 6 nitrogen and oxygen atoms in total. The summed E-state index contributed by atoms with van der Waals surface area (Å²) in [4.78, 5) is 13.2. The first kappa shape index (κ1) is 20.8. The van der Waals surface area contributed by atoms with Gasteiger partial charge in [-0.1, -0.05) is 0 Å². The van der Waals surface area contributed by atoms with Gasteiger partial charge in [0, 0.05) is 65.6 Å². The first-order valence-corrected chi connectivity index (χ1v) is 10.4. The summed E-state index contributed by atoms with van der Waals surface area (Å²) >= 11 is 0. The number of hydrogen-bond donors (Lipinski definition) is 1. The van der Waals surface area contributed by atoms with Gasteiger partial charge < -0.3 is 5.11 Å². The van der Waals surface area contributed by atoms with Gasteiger partial charge in [-0.3, -0.25) is 9.67 Å². The first-order chi connectivity index (χ1) is 16.1. The Morgan fingerprint density at radius 1 is 0.909 bits per heavy atom. The van der Waals surface area contributed by atoms with Gasteiger partial charge in [-0.2, -0.15) is 5.10 Å². The topological polar surface area (TPSA) is 76.7 Å². The third kappa shape index (κ3) is 4.20. The highest BCUT2D eigenvalue weighted by atomic mass is 19.1. The van der Waals surface area contributed by atoms with E-state index in [2.05, 4.69) is 20.1 Å². The Morgan fingerprint density at radius 3 is 2.67 bits per heavy atom. The van der Waals surface area contributed by atoms with Gasteiger partial charge in [0.05, 0.1) is 11.9 Å². The quantitative estimate of drug-likeness (QED) is 0.405. The van der Waals surface area contributed by atoms with Gasteiger partial charge in [-0.05, 0) is 54.4 Å². The van der Waals surface area contributed by atoms with E-state index in [9.17, 15) is 8.78 Å². The van der Waals surface area contributed by atoms with Gasteiger partial charge in [-0.15, -0.1) is 0 Å². The Morgan fingerprint density at radius 2 is 1.79 bits per heavy atom. The van der Waals surface area contributed by atoms with Crippen molar-refractivity contribution in [3.8, 4) is 33.5 Å². The average Bonchev–Trinajstić information content (AvgIpc) is 3.33. The van der Waals surface area contributed by atoms with Crippen molar-refractivity contribution in [1.29, 1.82) is 0 Å². The van der Waals surface area contributed by atoms with E-state index in [0.717, 1.165) is 45.8 Å². The fraction of sp³-hybridized carbons (Fsp3) is 0.120. The largest absolute Gasteiger partial charge is 0.396 e. The van der Waals surface area contributed by atoms with Gasteiger partial charge in [0.25, 0.3) is 0 Å². The van der Waals surface area contributed by atoms with Crippen LogP contribution in [-0.4, -0.2) is 36.4 Å². The molecule has 4 heterocycles. The molecule has 0 unspecified atom stereocenters. The van der Waals surface area contributed by atoms with Gasteiger partial charge in [0.1, 0.15) is 11.6 Å². The SMILES string of the molecule is OCCCn1cc(-c2cncc(-c3cc(-c4cc(F)ccc4F)nc4ncccc34)c2)cn1. The maximum absolute atomic E-state index is 14.5. The van der Waals surface area contributed by atoms with E-state index in [0.29, 0.717) is 18.6 Å². The van der Waals surface area contributed by atoms with Crippen LogP contribution in [0.25, 0.3) is 44.5 Å². The molecule has 8 heteroatoms. The summed E-state index contributed by atoms with van der Waals surface area (Å²) in [5.41, 5.74) is 4.07. The van der Waals surface area contributed by atoms with Crippen molar-refractivity contribution >= 4 is 11.0 Å². The zero-order chi connectivity index (χ0) is 22.8. The summed E-state index contributed by atoms with van der Waals surface area (Å²) in [6.45, 7) is 0.719. The lowest BCUT2D eigenvalue weighted by molar-refractivity contribution is 0.277. The number of nitrogens with zero attached hydrogens (tertiary/aromatic N) is 5. The smallest absolute Gasteiger partial charge is 0.160 e. The number of aliphatic hydroxyl groups excluding tert-OH is 1. The number of pyridine rings is 3. The van der Waals surface area contributed by atoms with E-state index in [1.165, 1.54) is 0 Å². The van der Waals surface area contributed by atoms with Crippen LogP contribution in [0.2, 0.25) is 0 Å². The molecule has 4 aromatic heterocycles. The summed E-state index contributed by atoms with van der Waals surface area (Å²) < 4.78 is 30.1. The van der Waals surface area contributed by atoms with Crippen molar-refractivity contribution in [3.05, 3.63) is 85.1 Å². The standard InChI is InChI=1S/C25H19F2N5O/c26-19-4-5-23(27)22(10-19)24-11-21(20-3-1-6-29-25(20)31-24)17-9-16(12-28-13-17)18-14-30-32(15-18)7-2-8-33/h1,3-6,9-15,33H,2,7-8H2. The Balaban J connectivity index is 1.63. The number of hydrogen-bond acceptors (Lipinski definition) is 5. The maximum atomic E-state index is 14.5. The minimum Gasteiger partial charge on any atom is -0.396 e. The number of halogens is 2. The zero-order valence-electron chi connectivity index (χ0n) is 17.5. The molecular formula is C25H19F2N5O. The number of rotatable bonds is 6. The molecule has 0 saturated carbocycles. The van der Waals surface area contributed by atoms with Crippen LogP contribution >= 0.6 is 0 Å². The predicted molar refractivity (Wildman–Crippen MR) is 121 cm³/mol. The molecule has 0 fully saturated rings. The van der Waals surface area contributed by atoms with Crippen molar-refractivity contribution in [1.82, 2.24) is 24.7 Å². The molecule has 0 spiro atoms. The summed E-state index contributed by atoms with van der Waals surface area (Å²) in [5, 5.41) is 14.1. The lowest BCUT2D eigenvalue weighted by Crippen LogP contribution is -1.99. The fourth-order valence-electron chi connectivity index (χ4n) is 3.74. The van der Waals surface area contributed by atoms with Gasteiger partial charge in [-0.25, -0.2) is 18.7 Å². The lowest BCUT2D eigenvalue weighted by Gasteiger charge is -2.11. The zero-order valence-corrected chi connectivity index (χ0v) is 17.5. The third-order valence-corrected chi connectivity index (χ3v) is 5.35. The summed E-state index contributed by atoms with van der Waals surface area (Å²) in [6, 6.07) is 10.7. The average molecular weight is 443 g/mol. The normalized spacial score (nSPS) is 11.2. The van der Waals surface area contributed by atoms with Crippen molar-refractivity contribution in [3.63, 3.8) is 0 Å². The second-order valence-electron chi connectivity index (χ2n) is 7.59. The Labute approximate surface area is 188 Å². The molecular weight excluding hydrogens is 424 g/mol. The molecule has 1 aromatic carbocycles. The molecule has 0 aliphatic heterocycles. The maximum Gasteiger partial charge on any atom is 0.160 e. The molecule has 5 rings (SSSR count). The molecule has 5 aromatic rings. The molecule has 0 bridgehead atoms. The minimum absolute atomic E-state index is 0.0677. The number of fused-ring (bicyclic) bond motifs is 1. The lowest BCUT2D eigenvalue weighted by atomic mass is 9.99. The molecule has 1 N–H and O–H groups in total. The van der Waals surface area contributed by atoms with Crippen LogP contribution in [0.15, 0.2) is 73.4 Å². The van der Waals surface area contributed by atoms with E-state index in [-0.39, 0.29) is 17.9 Å². The van der Waals surface area contributed by atoms with E-state index < -0.39 is 11.6 Å². The van der Waals surface area contributed by atoms with Crippen molar-refractivity contribution in [2.45, 2.75) is 13.0 Å². The minimum atomic E-state index is -0.563. The van der Waals surface area contributed by atoms with Crippen molar-refractivity contribution in [2.24, 2.45) is 0 Å². The molecule has 0 aliphatic carbocycles.